The molecule has 28 heavy (non-hydrogen) atoms. The monoisotopic (exact) mass is 420 g/mol. The summed E-state index contributed by atoms with van der Waals surface area (Å²) in [7, 11) is 0. The maximum Gasteiger partial charge on any atom is 0.0887 e. The van der Waals surface area contributed by atoms with Gasteiger partial charge in [-0.25, -0.2) is 0 Å². The van der Waals surface area contributed by atoms with E-state index in [1.165, 1.54) is 5.56 Å². The van der Waals surface area contributed by atoms with Gasteiger partial charge in [0.1, 0.15) is 0 Å². The Bertz CT molecular complexity index is 809. The Hall–Kier alpha value is -1.50. The van der Waals surface area contributed by atoms with E-state index < -0.39 is 0 Å². The molecule has 2 aliphatic rings. The average Bonchev–Trinajstić information content (AvgIpc) is 3.05. The fraction of sp³-hybridized carbons (Fsp3) is 0.429. The molecular weight excluding hydrogens is 395 g/mol. The van der Waals surface area contributed by atoms with Crippen LogP contribution in [0.5, 0.6) is 0 Å². The van der Waals surface area contributed by atoms with Crippen molar-refractivity contribution >= 4 is 34.6 Å². The Morgan fingerprint density at radius 3 is 2.29 bits per heavy atom. The summed E-state index contributed by atoms with van der Waals surface area (Å²) in [5.74, 6) is 0. The second-order valence-electron chi connectivity index (χ2n) is 7.68. The molecule has 2 aromatic carbocycles. The van der Waals surface area contributed by atoms with E-state index >= 15 is 0 Å². The molecule has 2 aliphatic heterocycles. The van der Waals surface area contributed by atoms with Crippen molar-refractivity contribution < 1.29 is 5.11 Å². The van der Waals surface area contributed by atoms with Gasteiger partial charge in [-0.05, 0) is 35.9 Å². The number of anilines is 2. The Morgan fingerprint density at radius 2 is 1.61 bits per heavy atom. The molecule has 0 spiro atoms. The average molecular weight is 421 g/mol. The van der Waals surface area contributed by atoms with Crippen LogP contribution in [-0.4, -0.2) is 66.3 Å². The first-order valence-electron chi connectivity index (χ1n) is 9.68. The molecule has 2 fully saturated rings. The molecule has 2 atom stereocenters. The number of β-amino-alcohol motifs (C(OH)–C–C–N with tert-alkyl or cyclic N) is 1. The Labute approximate surface area is 176 Å². The van der Waals surface area contributed by atoms with E-state index in [-0.39, 0.29) is 12.1 Å². The summed E-state index contributed by atoms with van der Waals surface area (Å²) in [5.41, 5.74) is 9.03. The maximum absolute atomic E-state index is 10.7. The lowest BCUT2D eigenvalue weighted by molar-refractivity contribution is 0.0424. The zero-order valence-electron chi connectivity index (χ0n) is 15.8. The highest BCUT2D eigenvalue weighted by Crippen LogP contribution is 2.31. The predicted molar refractivity (Wildman–Crippen MR) is 116 cm³/mol. The summed E-state index contributed by atoms with van der Waals surface area (Å²) >= 11 is 12.0. The van der Waals surface area contributed by atoms with Crippen LogP contribution in [0.1, 0.15) is 5.56 Å². The van der Waals surface area contributed by atoms with Crippen molar-refractivity contribution in [2.75, 3.05) is 49.9 Å². The van der Waals surface area contributed by atoms with Gasteiger partial charge >= 0.3 is 0 Å². The first-order chi connectivity index (χ1) is 13.5. The molecule has 0 bridgehead atoms. The van der Waals surface area contributed by atoms with Crippen molar-refractivity contribution in [3.63, 3.8) is 0 Å². The summed E-state index contributed by atoms with van der Waals surface area (Å²) in [5, 5.41) is 12.1. The van der Waals surface area contributed by atoms with Gasteiger partial charge in [-0.3, -0.25) is 9.80 Å². The van der Waals surface area contributed by atoms with Crippen molar-refractivity contribution in [1.29, 1.82) is 0 Å². The molecule has 2 heterocycles. The van der Waals surface area contributed by atoms with E-state index in [1.54, 1.807) is 6.07 Å². The number of rotatable bonds is 4. The van der Waals surface area contributed by atoms with Crippen LogP contribution in [0.25, 0.3) is 0 Å². The van der Waals surface area contributed by atoms with Crippen molar-refractivity contribution in [2.24, 2.45) is 0 Å². The van der Waals surface area contributed by atoms with E-state index in [4.69, 9.17) is 28.9 Å². The third-order valence-corrected chi connectivity index (χ3v) is 6.27. The van der Waals surface area contributed by atoms with Crippen LogP contribution in [-0.2, 0) is 6.54 Å². The molecule has 4 rings (SSSR count). The number of benzene rings is 2. The van der Waals surface area contributed by atoms with E-state index in [0.29, 0.717) is 17.3 Å². The molecule has 0 aliphatic carbocycles. The van der Waals surface area contributed by atoms with Gasteiger partial charge < -0.3 is 15.7 Å². The van der Waals surface area contributed by atoms with Crippen molar-refractivity contribution in [2.45, 2.75) is 18.7 Å². The largest absolute Gasteiger partial charge is 0.397 e. The number of piperazine rings is 1. The fourth-order valence-electron chi connectivity index (χ4n) is 4.24. The number of aliphatic hydroxyl groups excluding tert-OH is 1. The Balaban J connectivity index is 1.33. The molecule has 2 saturated heterocycles. The summed E-state index contributed by atoms with van der Waals surface area (Å²) in [6.07, 6.45) is -0.377. The topological polar surface area (TPSA) is 56.0 Å². The molecule has 150 valence electrons. The number of halogens is 2. The second kappa shape index (κ2) is 8.47. The summed E-state index contributed by atoms with van der Waals surface area (Å²) < 4.78 is 0. The summed E-state index contributed by atoms with van der Waals surface area (Å²) in [6, 6.07) is 13.8. The van der Waals surface area contributed by atoms with Crippen LogP contribution in [0.2, 0.25) is 10.0 Å². The molecule has 0 saturated carbocycles. The number of aliphatic hydroxyl groups is 1. The molecule has 5 nitrogen and oxygen atoms in total. The van der Waals surface area contributed by atoms with Gasteiger partial charge in [-0.1, -0.05) is 35.3 Å². The zero-order chi connectivity index (χ0) is 19.7. The number of hydrogen-bond acceptors (Lipinski definition) is 5. The van der Waals surface area contributed by atoms with Gasteiger partial charge in [0.05, 0.1) is 23.5 Å². The minimum absolute atomic E-state index is 0.132. The van der Waals surface area contributed by atoms with Crippen LogP contribution in [0.15, 0.2) is 42.5 Å². The van der Waals surface area contributed by atoms with Crippen LogP contribution in [0.3, 0.4) is 0 Å². The second-order valence-corrected chi connectivity index (χ2v) is 8.55. The normalized spacial score (nSPS) is 24.0. The molecule has 3 N–H and O–H groups in total. The number of nitrogens with two attached hydrogens (primary N) is 1. The van der Waals surface area contributed by atoms with Gasteiger partial charge in [0, 0.05) is 55.9 Å². The first-order valence-corrected chi connectivity index (χ1v) is 10.4. The highest BCUT2D eigenvalue weighted by atomic mass is 35.5. The van der Waals surface area contributed by atoms with Crippen molar-refractivity contribution in [3.05, 3.63) is 58.1 Å². The predicted octanol–water partition coefficient (Wildman–Crippen LogP) is 2.94. The lowest BCUT2D eigenvalue weighted by Gasteiger charge is -2.38. The van der Waals surface area contributed by atoms with Gasteiger partial charge in [-0.15, -0.1) is 0 Å². The minimum Gasteiger partial charge on any atom is -0.397 e. The van der Waals surface area contributed by atoms with Gasteiger partial charge in [0.2, 0.25) is 0 Å². The number of nitrogens with zero attached hydrogens (tertiary/aromatic N) is 3. The molecule has 0 unspecified atom stereocenters. The third-order valence-electron chi connectivity index (χ3n) is 5.78. The third kappa shape index (κ3) is 4.39. The summed E-state index contributed by atoms with van der Waals surface area (Å²) in [4.78, 5) is 7.03. The standard InChI is InChI=1S/C21H26Cl2N4O/c22-16-3-1-15(2-4-16)12-25-7-9-26(10-8-25)20-13-27(14-21(20)28)19-6-5-17(23)11-18(19)24/h1-6,11,20-21,28H,7-10,12-14,24H2/t20-,21-/m1/s1. The van der Waals surface area contributed by atoms with Crippen molar-refractivity contribution in [1.82, 2.24) is 9.80 Å². The minimum atomic E-state index is -0.377. The number of hydrogen-bond donors (Lipinski definition) is 2. The molecule has 0 aromatic heterocycles. The van der Waals surface area contributed by atoms with Crippen LogP contribution in [0.4, 0.5) is 11.4 Å². The smallest absolute Gasteiger partial charge is 0.0887 e. The lowest BCUT2D eigenvalue weighted by atomic mass is 10.1. The number of nitrogen functional groups attached to an aromatic ring is 1. The van der Waals surface area contributed by atoms with Crippen LogP contribution in [0, 0.1) is 0 Å². The fourth-order valence-corrected chi connectivity index (χ4v) is 4.55. The first kappa shape index (κ1) is 19.8. The Morgan fingerprint density at radius 1 is 0.929 bits per heavy atom. The van der Waals surface area contributed by atoms with Crippen molar-refractivity contribution in [3.8, 4) is 0 Å². The SMILES string of the molecule is Nc1cc(Cl)ccc1N1C[C@@H](O)[C@H](N2CCN(Cc3ccc(Cl)cc3)CC2)C1. The van der Waals surface area contributed by atoms with Crippen LogP contribution < -0.4 is 10.6 Å². The van der Waals surface area contributed by atoms with Gasteiger partial charge in [0.25, 0.3) is 0 Å². The zero-order valence-corrected chi connectivity index (χ0v) is 17.3. The van der Waals surface area contributed by atoms with Gasteiger partial charge in [-0.2, -0.15) is 0 Å². The highest BCUT2D eigenvalue weighted by molar-refractivity contribution is 6.31. The molecule has 7 heteroatoms. The highest BCUT2D eigenvalue weighted by Gasteiger charge is 2.37. The molecule has 2 aromatic rings. The molecular formula is C21H26Cl2N4O. The molecule has 0 radical (unpaired) electrons. The van der Waals surface area contributed by atoms with Crippen LogP contribution >= 0.6 is 23.2 Å². The van der Waals surface area contributed by atoms with E-state index in [0.717, 1.165) is 50.0 Å². The van der Waals surface area contributed by atoms with E-state index in [9.17, 15) is 5.11 Å². The maximum atomic E-state index is 10.7. The quantitative estimate of drug-likeness (QED) is 0.744. The Kier molecular flexibility index (Phi) is 5.99. The van der Waals surface area contributed by atoms with E-state index in [2.05, 4.69) is 26.8 Å². The molecule has 0 amide bonds. The summed E-state index contributed by atoms with van der Waals surface area (Å²) in [6.45, 7) is 6.22. The van der Waals surface area contributed by atoms with Gasteiger partial charge in [0.15, 0.2) is 0 Å². The lowest BCUT2D eigenvalue weighted by Crippen LogP contribution is -2.53. The van der Waals surface area contributed by atoms with E-state index in [1.807, 2.05) is 24.3 Å².